The summed E-state index contributed by atoms with van der Waals surface area (Å²) in [6, 6.07) is 8.62. The van der Waals surface area contributed by atoms with E-state index in [1.807, 2.05) is 0 Å². The largest absolute Gasteiger partial charge is 0.461 e. The van der Waals surface area contributed by atoms with E-state index in [1.54, 1.807) is 30.3 Å². The molecule has 0 aliphatic heterocycles. The maximum atomic E-state index is 12.5. The van der Waals surface area contributed by atoms with Crippen LogP contribution in [0.5, 0.6) is 0 Å². The minimum atomic E-state index is -4.15. The van der Waals surface area contributed by atoms with Crippen LogP contribution in [0.1, 0.15) is 18.4 Å². The van der Waals surface area contributed by atoms with Crippen molar-refractivity contribution in [2.24, 2.45) is 0 Å². The predicted molar refractivity (Wildman–Crippen MR) is 56.4 cm³/mol. The van der Waals surface area contributed by atoms with E-state index < -0.39 is 31.2 Å². The maximum absolute atomic E-state index is 12.5. The molecule has 18 heavy (non-hydrogen) atoms. The highest BCUT2D eigenvalue weighted by Crippen LogP contribution is 2.28. The quantitative estimate of drug-likeness (QED) is 0.581. The van der Waals surface area contributed by atoms with Gasteiger partial charge in [-0.15, -0.1) is 0 Å². The molecule has 1 rings (SSSR count). The third-order valence-electron chi connectivity index (χ3n) is 2.22. The third kappa shape index (κ3) is 4.73. The molecule has 0 amide bonds. The Morgan fingerprint density at radius 2 is 1.83 bits per heavy atom. The zero-order valence-electron chi connectivity index (χ0n) is 9.41. The van der Waals surface area contributed by atoms with Crippen molar-refractivity contribution in [3.63, 3.8) is 0 Å². The van der Waals surface area contributed by atoms with Crippen molar-refractivity contribution in [1.29, 1.82) is 0 Å². The van der Waals surface area contributed by atoms with Crippen molar-refractivity contribution >= 4 is 5.97 Å². The van der Waals surface area contributed by atoms with Gasteiger partial charge >= 0.3 is 18.3 Å². The van der Waals surface area contributed by atoms with Crippen molar-refractivity contribution in [3.05, 3.63) is 35.9 Å². The lowest BCUT2D eigenvalue weighted by Gasteiger charge is -2.14. The van der Waals surface area contributed by atoms with E-state index in [0.29, 0.717) is 5.56 Å². The van der Waals surface area contributed by atoms with Gasteiger partial charge in [-0.05, 0) is 5.56 Å². The smallest absolute Gasteiger partial charge is 0.308 e. The van der Waals surface area contributed by atoms with Crippen LogP contribution in [-0.4, -0.2) is 18.3 Å². The third-order valence-corrected chi connectivity index (χ3v) is 2.22. The van der Waals surface area contributed by atoms with E-state index in [1.165, 1.54) is 0 Å². The molecule has 0 aliphatic carbocycles. The van der Waals surface area contributed by atoms with Crippen molar-refractivity contribution < 1.29 is 27.1 Å². The van der Waals surface area contributed by atoms with Crippen molar-refractivity contribution in [1.82, 2.24) is 0 Å². The molecule has 0 unspecified atom stereocenters. The van der Waals surface area contributed by atoms with Gasteiger partial charge in [0.15, 0.2) is 0 Å². The summed E-state index contributed by atoms with van der Waals surface area (Å²) in [7, 11) is 0. The van der Waals surface area contributed by atoms with E-state index in [0.717, 1.165) is 0 Å². The Morgan fingerprint density at radius 1 is 1.22 bits per heavy atom. The van der Waals surface area contributed by atoms with Crippen LogP contribution in [0.15, 0.2) is 30.3 Å². The number of esters is 1. The molecular formula is C12H12F4O2. The second-order valence-corrected chi connectivity index (χ2v) is 3.71. The molecule has 0 saturated heterocycles. The normalized spacial score (nSPS) is 11.6. The number of carbonyl (C=O) groups is 1. The van der Waals surface area contributed by atoms with E-state index in [2.05, 4.69) is 4.74 Å². The highest BCUT2D eigenvalue weighted by atomic mass is 19.3. The summed E-state index contributed by atoms with van der Waals surface area (Å²) in [5, 5.41) is 0. The number of halogens is 4. The van der Waals surface area contributed by atoms with Crippen LogP contribution >= 0.6 is 0 Å². The minimum absolute atomic E-state index is 0.0556. The number of hydrogen-bond acceptors (Lipinski definition) is 2. The van der Waals surface area contributed by atoms with Crippen LogP contribution in [-0.2, 0) is 16.1 Å². The Bertz CT molecular complexity index is 379. The van der Waals surface area contributed by atoms with Crippen LogP contribution in [0.2, 0.25) is 0 Å². The molecular weight excluding hydrogens is 252 g/mol. The van der Waals surface area contributed by atoms with Gasteiger partial charge in [0, 0.05) is 6.42 Å². The minimum Gasteiger partial charge on any atom is -0.461 e. The Morgan fingerprint density at radius 3 is 2.39 bits per heavy atom. The zero-order valence-corrected chi connectivity index (χ0v) is 9.41. The molecule has 0 atom stereocenters. The molecule has 2 nitrogen and oxygen atoms in total. The first kappa shape index (κ1) is 14.5. The van der Waals surface area contributed by atoms with Crippen LogP contribution in [0, 0.1) is 0 Å². The molecule has 0 aliphatic rings. The molecule has 0 aromatic heterocycles. The fourth-order valence-electron chi connectivity index (χ4n) is 1.19. The van der Waals surface area contributed by atoms with Gasteiger partial charge in [-0.2, -0.15) is 0 Å². The molecule has 1 aromatic rings. The zero-order chi connectivity index (χ0) is 13.6. The Hall–Kier alpha value is -1.59. The Balaban J connectivity index is 2.31. The predicted octanol–water partition coefficient (Wildman–Crippen LogP) is 3.41. The molecule has 0 bridgehead atoms. The molecule has 0 fully saturated rings. The summed E-state index contributed by atoms with van der Waals surface area (Å²) in [6.07, 6.45) is -5.71. The maximum Gasteiger partial charge on any atom is 0.308 e. The summed E-state index contributed by atoms with van der Waals surface area (Å²) in [4.78, 5) is 11.1. The molecule has 6 heteroatoms. The van der Waals surface area contributed by atoms with Gasteiger partial charge in [0.05, 0.1) is 6.42 Å². The molecule has 0 N–H and O–H groups in total. The van der Waals surface area contributed by atoms with Gasteiger partial charge in [-0.1, -0.05) is 30.3 Å². The van der Waals surface area contributed by atoms with E-state index in [-0.39, 0.29) is 6.61 Å². The number of ether oxygens (including phenoxy) is 1. The molecule has 0 saturated carbocycles. The molecule has 100 valence electrons. The molecule has 0 spiro atoms. The van der Waals surface area contributed by atoms with Crippen LogP contribution in [0.25, 0.3) is 0 Å². The summed E-state index contributed by atoms with van der Waals surface area (Å²) in [5.41, 5.74) is 0.700. The van der Waals surface area contributed by atoms with Crippen molar-refractivity contribution in [2.75, 3.05) is 0 Å². The average molecular weight is 264 g/mol. The van der Waals surface area contributed by atoms with Gasteiger partial charge in [-0.25, -0.2) is 17.6 Å². The second-order valence-electron chi connectivity index (χ2n) is 3.71. The van der Waals surface area contributed by atoms with Gasteiger partial charge in [0.1, 0.15) is 6.61 Å². The van der Waals surface area contributed by atoms with Gasteiger partial charge in [0.2, 0.25) is 0 Å². The number of benzene rings is 1. The molecule has 0 heterocycles. The monoisotopic (exact) mass is 264 g/mol. The highest BCUT2D eigenvalue weighted by molar-refractivity contribution is 5.69. The number of rotatable bonds is 6. The average Bonchev–Trinajstić information content (AvgIpc) is 2.35. The number of carbonyl (C=O) groups excluding carboxylic acids is 1. The fourth-order valence-corrected chi connectivity index (χ4v) is 1.19. The molecule has 1 aromatic carbocycles. The van der Waals surface area contributed by atoms with Gasteiger partial charge < -0.3 is 4.74 Å². The lowest BCUT2D eigenvalue weighted by molar-refractivity contribution is -0.155. The van der Waals surface area contributed by atoms with Gasteiger partial charge in [0.25, 0.3) is 0 Å². The van der Waals surface area contributed by atoms with E-state index in [4.69, 9.17) is 0 Å². The lowest BCUT2D eigenvalue weighted by atomic mass is 10.2. The Labute approximate surface area is 102 Å². The summed E-state index contributed by atoms with van der Waals surface area (Å²) in [5.74, 6) is -5.06. The SMILES string of the molecule is O=C(CCC(F)(F)C(F)F)OCc1ccccc1. The van der Waals surface area contributed by atoms with Crippen LogP contribution < -0.4 is 0 Å². The Kier molecular flexibility index (Phi) is 5.12. The van der Waals surface area contributed by atoms with Crippen molar-refractivity contribution in [3.8, 4) is 0 Å². The fraction of sp³-hybridized carbons (Fsp3) is 0.417. The lowest BCUT2D eigenvalue weighted by Crippen LogP contribution is -2.27. The van der Waals surface area contributed by atoms with Crippen molar-refractivity contribution in [2.45, 2.75) is 31.8 Å². The first-order valence-corrected chi connectivity index (χ1v) is 5.27. The summed E-state index contributed by atoms with van der Waals surface area (Å²) in [6.45, 7) is -0.0556. The first-order valence-electron chi connectivity index (χ1n) is 5.27. The second kappa shape index (κ2) is 6.37. The number of alkyl halides is 4. The number of hydrogen-bond donors (Lipinski definition) is 0. The summed E-state index contributed by atoms with van der Waals surface area (Å²) >= 11 is 0. The van der Waals surface area contributed by atoms with E-state index >= 15 is 0 Å². The highest BCUT2D eigenvalue weighted by Gasteiger charge is 2.40. The van der Waals surface area contributed by atoms with Crippen LogP contribution in [0.3, 0.4) is 0 Å². The van der Waals surface area contributed by atoms with Gasteiger partial charge in [-0.3, -0.25) is 4.79 Å². The van der Waals surface area contributed by atoms with E-state index in [9.17, 15) is 22.4 Å². The molecule has 0 radical (unpaired) electrons. The first-order chi connectivity index (χ1) is 8.42. The topological polar surface area (TPSA) is 26.3 Å². The summed E-state index contributed by atoms with van der Waals surface area (Å²) < 4.78 is 53.3. The van der Waals surface area contributed by atoms with Crippen LogP contribution in [0.4, 0.5) is 17.6 Å². The standard InChI is InChI=1S/C12H12F4O2/c13-11(14)12(15,16)7-6-10(17)18-8-9-4-2-1-3-5-9/h1-5,11H,6-8H2.